The van der Waals surface area contributed by atoms with Crippen LogP contribution in [0.2, 0.25) is 0 Å². The average molecular weight is 246 g/mol. The minimum absolute atomic E-state index is 0.0492. The van der Waals surface area contributed by atoms with Gasteiger partial charge in [0.05, 0.1) is 0 Å². The zero-order valence-corrected chi connectivity index (χ0v) is 10.4. The Labute approximate surface area is 105 Å². The lowest BCUT2D eigenvalue weighted by molar-refractivity contribution is 0.603. The molecule has 0 aromatic carbocycles. The Kier molecular flexibility index (Phi) is 3.55. The Bertz CT molecular complexity index is 605. The van der Waals surface area contributed by atoms with Crippen LogP contribution in [0.1, 0.15) is 19.4 Å². The molecule has 0 aliphatic heterocycles. The highest BCUT2D eigenvalue weighted by atomic mass is 19.1. The van der Waals surface area contributed by atoms with Crippen LogP contribution in [0.5, 0.6) is 0 Å². The van der Waals surface area contributed by atoms with Crippen LogP contribution in [0.3, 0.4) is 0 Å². The lowest BCUT2D eigenvalue weighted by atomic mass is 10.0. The zero-order chi connectivity index (χ0) is 13.1. The number of nitrogens with zero attached hydrogens (tertiary/aromatic N) is 2. The van der Waals surface area contributed by atoms with E-state index in [2.05, 4.69) is 4.98 Å². The molecule has 4 heteroatoms. The highest BCUT2D eigenvalue weighted by Gasteiger charge is 2.10. The van der Waals surface area contributed by atoms with Crippen molar-refractivity contribution < 1.29 is 4.39 Å². The van der Waals surface area contributed by atoms with Gasteiger partial charge in [-0.15, -0.1) is 0 Å². The van der Waals surface area contributed by atoms with Gasteiger partial charge in [-0.05, 0) is 30.5 Å². The molecule has 18 heavy (non-hydrogen) atoms. The van der Waals surface area contributed by atoms with Gasteiger partial charge < -0.3 is 0 Å². The maximum atomic E-state index is 13.6. The second-order valence-electron chi connectivity index (χ2n) is 4.62. The van der Waals surface area contributed by atoms with Crippen LogP contribution >= 0.6 is 0 Å². The van der Waals surface area contributed by atoms with Crippen molar-refractivity contribution in [2.45, 2.75) is 20.3 Å². The maximum Gasteiger partial charge on any atom is 0.259 e. The van der Waals surface area contributed by atoms with Crippen molar-refractivity contribution in [2.75, 3.05) is 0 Å². The number of aromatic nitrogens is 2. The van der Waals surface area contributed by atoms with Crippen molar-refractivity contribution in [3.63, 3.8) is 0 Å². The summed E-state index contributed by atoms with van der Waals surface area (Å²) in [5, 5.41) is 0. The van der Waals surface area contributed by atoms with Crippen LogP contribution in [0, 0.1) is 11.7 Å². The standard InChI is InChI=1S/C14H15FN2O/c1-10(2)9-11-5-4-8-17(14(11)18)13-12(15)6-3-7-16-13/h3-8,10H,9H2,1-2H3. The third-order valence-electron chi connectivity index (χ3n) is 2.62. The SMILES string of the molecule is CC(C)Cc1cccn(-c2ncccc2F)c1=O. The number of hydrogen-bond donors (Lipinski definition) is 0. The van der Waals surface area contributed by atoms with E-state index in [9.17, 15) is 9.18 Å². The average Bonchev–Trinajstić information content (AvgIpc) is 2.32. The molecule has 2 heterocycles. The Morgan fingerprint density at radius 2 is 2.11 bits per heavy atom. The molecule has 0 bridgehead atoms. The molecule has 2 rings (SSSR count). The summed E-state index contributed by atoms with van der Waals surface area (Å²) in [6.07, 6.45) is 3.69. The second kappa shape index (κ2) is 5.12. The van der Waals surface area contributed by atoms with Crippen molar-refractivity contribution in [2.24, 2.45) is 5.92 Å². The van der Waals surface area contributed by atoms with Gasteiger partial charge in [-0.3, -0.25) is 9.36 Å². The smallest absolute Gasteiger partial charge is 0.259 e. The Hall–Kier alpha value is -1.97. The van der Waals surface area contributed by atoms with E-state index in [-0.39, 0.29) is 11.4 Å². The monoisotopic (exact) mass is 246 g/mol. The lowest BCUT2D eigenvalue weighted by Gasteiger charge is -2.09. The molecule has 0 saturated heterocycles. The van der Waals surface area contributed by atoms with E-state index < -0.39 is 5.82 Å². The molecule has 0 aliphatic carbocycles. The van der Waals surface area contributed by atoms with Gasteiger partial charge in [-0.1, -0.05) is 19.9 Å². The van der Waals surface area contributed by atoms with Crippen molar-refractivity contribution in [1.29, 1.82) is 0 Å². The third-order valence-corrected chi connectivity index (χ3v) is 2.62. The number of rotatable bonds is 3. The van der Waals surface area contributed by atoms with Gasteiger partial charge >= 0.3 is 0 Å². The van der Waals surface area contributed by atoms with E-state index in [1.54, 1.807) is 12.1 Å². The molecule has 0 amide bonds. The predicted octanol–water partition coefficient (Wildman–Crippen LogP) is 2.57. The first-order valence-electron chi connectivity index (χ1n) is 5.91. The van der Waals surface area contributed by atoms with Gasteiger partial charge in [0.2, 0.25) is 0 Å². The fourth-order valence-electron chi connectivity index (χ4n) is 1.86. The summed E-state index contributed by atoms with van der Waals surface area (Å²) in [6.45, 7) is 4.08. The van der Waals surface area contributed by atoms with E-state index in [0.29, 0.717) is 17.9 Å². The van der Waals surface area contributed by atoms with Crippen LogP contribution < -0.4 is 5.56 Å². The summed E-state index contributed by atoms with van der Waals surface area (Å²) in [4.78, 5) is 16.1. The van der Waals surface area contributed by atoms with Crippen LogP contribution in [-0.2, 0) is 6.42 Å². The quantitative estimate of drug-likeness (QED) is 0.834. The molecule has 0 spiro atoms. The van der Waals surface area contributed by atoms with Gasteiger partial charge in [-0.2, -0.15) is 0 Å². The Morgan fingerprint density at radius 1 is 1.33 bits per heavy atom. The van der Waals surface area contributed by atoms with E-state index in [1.807, 2.05) is 13.8 Å². The Morgan fingerprint density at radius 3 is 2.78 bits per heavy atom. The summed E-state index contributed by atoms with van der Waals surface area (Å²) in [5.74, 6) is -0.0727. The van der Waals surface area contributed by atoms with E-state index >= 15 is 0 Å². The Balaban J connectivity index is 2.53. The summed E-state index contributed by atoms with van der Waals surface area (Å²) in [6, 6.07) is 6.32. The van der Waals surface area contributed by atoms with Gasteiger partial charge in [0.25, 0.3) is 5.56 Å². The zero-order valence-electron chi connectivity index (χ0n) is 10.4. The molecule has 94 valence electrons. The number of halogens is 1. The number of pyridine rings is 2. The van der Waals surface area contributed by atoms with E-state index in [4.69, 9.17) is 0 Å². The normalized spacial score (nSPS) is 10.9. The van der Waals surface area contributed by atoms with Crippen molar-refractivity contribution in [3.8, 4) is 5.82 Å². The van der Waals surface area contributed by atoms with Crippen LogP contribution in [0.25, 0.3) is 5.82 Å². The second-order valence-corrected chi connectivity index (χ2v) is 4.62. The minimum Gasteiger partial charge on any atom is -0.269 e. The van der Waals surface area contributed by atoms with Crippen molar-refractivity contribution in [1.82, 2.24) is 9.55 Å². The van der Waals surface area contributed by atoms with Gasteiger partial charge in [0.15, 0.2) is 11.6 Å². The van der Waals surface area contributed by atoms with Crippen LogP contribution in [-0.4, -0.2) is 9.55 Å². The first-order valence-corrected chi connectivity index (χ1v) is 5.91. The molecule has 0 radical (unpaired) electrons. The molecule has 2 aromatic heterocycles. The fraction of sp³-hybridized carbons (Fsp3) is 0.286. The predicted molar refractivity (Wildman–Crippen MR) is 68.3 cm³/mol. The van der Waals surface area contributed by atoms with Gasteiger partial charge in [-0.25, -0.2) is 9.37 Å². The molecule has 0 atom stereocenters. The van der Waals surface area contributed by atoms with Gasteiger partial charge in [0, 0.05) is 18.0 Å². The summed E-state index contributed by atoms with van der Waals surface area (Å²) >= 11 is 0. The molecule has 0 saturated carbocycles. The molecular weight excluding hydrogens is 231 g/mol. The minimum atomic E-state index is -0.499. The highest BCUT2D eigenvalue weighted by molar-refractivity contribution is 5.27. The maximum absolute atomic E-state index is 13.6. The molecule has 3 nitrogen and oxygen atoms in total. The van der Waals surface area contributed by atoms with Gasteiger partial charge in [0.1, 0.15) is 0 Å². The van der Waals surface area contributed by atoms with Crippen molar-refractivity contribution in [3.05, 3.63) is 58.4 Å². The van der Waals surface area contributed by atoms with Crippen molar-refractivity contribution >= 4 is 0 Å². The highest BCUT2D eigenvalue weighted by Crippen LogP contribution is 2.09. The first kappa shape index (κ1) is 12.5. The summed E-state index contributed by atoms with van der Waals surface area (Å²) < 4.78 is 14.9. The fourth-order valence-corrected chi connectivity index (χ4v) is 1.86. The molecule has 0 N–H and O–H groups in total. The summed E-state index contributed by atoms with van der Waals surface area (Å²) in [5.41, 5.74) is 0.473. The van der Waals surface area contributed by atoms with E-state index in [1.165, 1.54) is 29.1 Å². The molecule has 0 fully saturated rings. The molecule has 0 unspecified atom stereocenters. The summed E-state index contributed by atoms with van der Waals surface area (Å²) in [7, 11) is 0. The topological polar surface area (TPSA) is 34.9 Å². The molecule has 2 aromatic rings. The van der Waals surface area contributed by atoms with Crippen LogP contribution in [0.4, 0.5) is 4.39 Å². The number of hydrogen-bond acceptors (Lipinski definition) is 2. The molecule has 0 aliphatic rings. The first-order chi connectivity index (χ1) is 8.59. The lowest BCUT2D eigenvalue weighted by Crippen LogP contribution is -2.24. The third kappa shape index (κ3) is 2.47. The van der Waals surface area contributed by atoms with Crippen LogP contribution in [0.15, 0.2) is 41.5 Å². The van der Waals surface area contributed by atoms with E-state index in [0.717, 1.165) is 0 Å². The molecular formula is C14H15FN2O. The largest absolute Gasteiger partial charge is 0.269 e.